The SMILES string of the molecule is CC[C@@H](NC(=O)NCc1ccco1)c1cccc(S(N)(=O)=O)c1. The van der Waals surface area contributed by atoms with E-state index in [1.165, 1.54) is 18.4 Å². The van der Waals surface area contributed by atoms with E-state index in [2.05, 4.69) is 10.6 Å². The minimum absolute atomic E-state index is 0.0197. The molecule has 23 heavy (non-hydrogen) atoms. The Labute approximate surface area is 134 Å². The van der Waals surface area contributed by atoms with Gasteiger partial charge in [0, 0.05) is 0 Å². The van der Waals surface area contributed by atoms with Crippen molar-refractivity contribution in [3.8, 4) is 0 Å². The molecule has 1 aromatic heterocycles. The molecule has 4 N–H and O–H groups in total. The molecule has 0 saturated heterocycles. The average molecular weight is 337 g/mol. The zero-order valence-corrected chi connectivity index (χ0v) is 13.5. The fourth-order valence-corrected chi connectivity index (χ4v) is 2.69. The van der Waals surface area contributed by atoms with Gasteiger partial charge in [0.2, 0.25) is 10.0 Å². The molecule has 0 aliphatic rings. The number of hydrogen-bond acceptors (Lipinski definition) is 4. The van der Waals surface area contributed by atoms with Crippen LogP contribution in [0.3, 0.4) is 0 Å². The predicted octanol–water partition coefficient (Wildman–Crippen LogP) is 1.88. The summed E-state index contributed by atoms with van der Waals surface area (Å²) in [5.41, 5.74) is 0.673. The van der Waals surface area contributed by atoms with E-state index in [0.29, 0.717) is 17.7 Å². The van der Waals surface area contributed by atoms with Crippen LogP contribution in [0.2, 0.25) is 0 Å². The molecule has 0 radical (unpaired) electrons. The van der Waals surface area contributed by atoms with Crippen LogP contribution in [0, 0.1) is 0 Å². The molecule has 1 atom stereocenters. The molecule has 1 aromatic carbocycles. The molecule has 124 valence electrons. The van der Waals surface area contributed by atoms with Gasteiger partial charge in [0.1, 0.15) is 5.76 Å². The highest BCUT2D eigenvalue weighted by Crippen LogP contribution is 2.19. The van der Waals surface area contributed by atoms with Crippen LogP contribution in [0.25, 0.3) is 0 Å². The second-order valence-electron chi connectivity index (χ2n) is 4.98. The fraction of sp³-hybridized carbons (Fsp3) is 0.267. The first-order valence-electron chi connectivity index (χ1n) is 7.09. The van der Waals surface area contributed by atoms with E-state index in [9.17, 15) is 13.2 Å². The Morgan fingerprint density at radius 1 is 1.30 bits per heavy atom. The molecule has 0 fully saturated rings. The van der Waals surface area contributed by atoms with Gasteiger partial charge in [-0.2, -0.15) is 0 Å². The first-order valence-corrected chi connectivity index (χ1v) is 8.64. The number of rotatable bonds is 6. The summed E-state index contributed by atoms with van der Waals surface area (Å²) in [5, 5.41) is 10.6. The van der Waals surface area contributed by atoms with Crippen molar-refractivity contribution in [1.29, 1.82) is 0 Å². The van der Waals surface area contributed by atoms with E-state index >= 15 is 0 Å². The first kappa shape index (κ1) is 17.0. The van der Waals surface area contributed by atoms with Crippen LogP contribution in [0.5, 0.6) is 0 Å². The van der Waals surface area contributed by atoms with E-state index in [-0.39, 0.29) is 23.5 Å². The van der Waals surface area contributed by atoms with E-state index in [0.717, 1.165) is 0 Å². The Kier molecular flexibility index (Phi) is 5.41. The van der Waals surface area contributed by atoms with E-state index in [4.69, 9.17) is 9.56 Å². The maximum absolute atomic E-state index is 12.0. The van der Waals surface area contributed by atoms with Crippen molar-refractivity contribution >= 4 is 16.1 Å². The molecule has 2 rings (SSSR count). The van der Waals surface area contributed by atoms with E-state index in [1.54, 1.807) is 24.3 Å². The molecule has 0 saturated carbocycles. The van der Waals surface area contributed by atoms with Crippen molar-refractivity contribution in [3.63, 3.8) is 0 Å². The second-order valence-corrected chi connectivity index (χ2v) is 6.55. The largest absolute Gasteiger partial charge is 0.467 e. The molecule has 1 heterocycles. The Hall–Kier alpha value is -2.32. The maximum atomic E-state index is 12.0. The van der Waals surface area contributed by atoms with Crippen molar-refractivity contribution in [2.24, 2.45) is 5.14 Å². The Balaban J connectivity index is 2.03. The van der Waals surface area contributed by atoms with Crippen LogP contribution in [0.15, 0.2) is 52.0 Å². The van der Waals surface area contributed by atoms with Crippen molar-refractivity contribution in [2.75, 3.05) is 0 Å². The number of urea groups is 1. The molecule has 0 spiro atoms. The summed E-state index contributed by atoms with van der Waals surface area (Å²) in [7, 11) is -3.78. The third kappa shape index (κ3) is 4.83. The third-order valence-electron chi connectivity index (χ3n) is 3.31. The van der Waals surface area contributed by atoms with Gasteiger partial charge in [-0.05, 0) is 36.2 Å². The molecule has 2 aromatic rings. The van der Waals surface area contributed by atoms with Gasteiger partial charge in [-0.3, -0.25) is 0 Å². The number of nitrogens with one attached hydrogen (secondary N) is 2. The zero-order chi connectivity index (χ0) is 16.9. The summed E-state index contributed by atoms with van der Waals surface area (Å²) in [6, 6.07) is 9.03. The zero-order valence-electron chi connectivity index (χ0n) is 12.7. The number of benzene rings is 1. The number of furan rings is 1. The highest BCUT2D eigenvalue weighted by molar-refractivity contribution is 7.89. The fourth-order valence-electron chi connectivity index (χ4n) is 2.12. The van der Waals surface area contributed by atoms with Gasteiger partial charge < -0.3 is 15.1 Å². The monoisotopic (exact) mass is 337 g/mol. The molecular formula is C15H19N3O4S. The number of sulfonamides is 1. The van der Waals surface area contributed by atoms with Crippen LogP contribution < -0.4 is 15.8 Å². The molecule has 0 aliphatic heterocycles. The molecule has 8 heteroatoms. The van der Waals surface area contributed by atoms with Crippen molar-refractivity contribution < 1.29 is 17.6 Å². The van der Waals surface area contributed by atoms with Crippen LogP contribution in [0.1, 0.15) is 30.7 Å². The molecule has 2 amide bonds. The number of primary sulfonamides is 1. The van der Waals surface area contributed by atoms with Crippen molar-refractivity contribution in [1.82, 2.24) is 10.6 Å². The lowest BCUT2D eigenvalue weighted by Gasteiger charge is -2.18. The molecule has 0 bridgehead atoms. The van der Waals surface area contributed by atoms with Crippen LogP contribution >= 0.6 is 0 Å². The number of carbonyl (C=O) groups excluding carboxylic acids is 1. The maximum Gasteiger partial charge on any atom is 0.315 e. The Morgan fingerprint density at radius 2 is 2.09 bits per heavy atom. The summed E-state index contributed by atoms with van der Waals surface area (Å²) in [6.45, 7) is 2.16. The number of carbonyl (C=O) groups is 1. The summed E-state index contributed by atoms with van der Waals surface area (Å²) < 4.78 is 28.0. The lowest BCUT2D eigenvalue weighted by molar-refractivity contribution is 0.235. The highest BCUT2D eigenvalue weighted by Gasteiger charge is 2.15. The van der Waals surface area contributed by atoms with Gasteiger partial charge in [0.05, 0.1) is 23.7 Å². The Morgan fingerprint density at radius 3 is 2.70 bits per heavy atom. The normalized spacial score (nSPS) is 12.6. The molecule has 7 nitrogen and oxygen atoms in total. The van der Waals surface area contributed by atoms with Crippen LogP contribution in [0.4, 0.5) is 4.79 Å². The first-order chi connectivity index (χ1) is 10.9. The lowest BCUT2D eigenvalue weighted by Crippen LogP contribution is -2.37. The minimum atomic E-state index is -3.78. The summed E-state index contributed by atoms with van der Waals surface area (Å²) in [6.07, 6.45) is 2.13. The summed E-state index contributed by atoms with van der Waals surface area (Å²) in [5.74, 6) is 0.643. The number of amides is 2. The number of hydrogen-bond donors (Lipinski definition) is 3. The minimum Gasteiger partial charge on any atom is -0.467 e. The summed E-state index contributed by atoms with van der Waals surface area (Å²) in [4.78, 5) is 12.0. The van der Waals surface area contributed by atoms with Crippen molar-refractivity contribution in [2.45, 2.75) is 30.8 Å². The van der Waals surface area contributed by atoms with Gasteiger partial charge in [-0.15, -0.1) is 0 Å². The second kappa shape index (κ2) is 7.30. The van der Waals surface area contributed by atoms with Gasteiger partial charge in [0.15, 0.2) is 0 Å². The molecule has 0 unspecified atom stereocenters. The summed E-state index contributed by atoms with van der Waals surface area (Å²) >= 11 is 0. The van der Waals surface area contributed by atoms with E-state index in [1.807, 2.05) is 6.92 Å². The lowest BCUT2D eigenvalue weighted by atomic mass is 10.1. The van der Waals surface area contributed by atoms with Crippen LogP contribution in [-0.4, -0.2) is 14.4 Å². The highest BCUT2D eigenvalue weighted by atomic mass is 32.2. The van der Waals surface area contributed by atoms with Gasteiger partial charge >= 0.3 is 6.03 Å². The van der Waals surface area contributed by atoms with Gasteiger partial charge in [-0.25, -0.2) is 18.4 Å². The molecular weight excluding hydrogens is 318 g/mol. The Bertz CT molecular complexity index is 757. The molecule has 0 aliphatic carbocycles. The average Bonchev–Trinajstić information content (AvgIpc) is 3.03. The third-order valence-corrected chi connectivity index (χ3v) is 4.22. The topological polar surface area (TPSA) is 114 Å². The predicted molar refractivity (Wildman–Crippen MR) is 84.9 cm³/mol. The standard InChI is InChI=1S/C15H19N3O4S/c1-2-14(11-5-3-7-13(9-11)23(16,20)21)18-15(19)17-10-12-6-4-8-22-12/h3-9,14H,2,10H2,1H3,(H2,16,20,21)(H2,17,18,19)/t14-/m1/s1. The quantitative estimate of drug-likeness (QED) is 0.746. The van der Waals surface area contributed by atoms with Gasteiger partial charge in [-0.1, -0.05) is 19.1 Å². The van der Waals surface area contributed by atoms with Gasteiger partial charge in [0.25, 0.3) is 0 Å². The smallest absolute Gasteiger partial charge is 0.315 e. The van der Waals surface area contributed by atoms with E-state index < -0.39 is 10.0 Å². The number of nitrogens with two attached hydrogens (primary N) is 1. The van der Waals surface area contributed by atoms with Crippen LogP contribution in [-0.2, 0) is 16.6 Å². The van der Waals surface area contributed by atoms with Crippen molar-refractivity contribution in [3.05, 3.63) is 54.0 Å².